The monoisotopic (exact) mass is 348 g/mol. The largest absolute Gasteiger partial charge is 0.439 e. The molecule has 0 amide bonds. The van der Waals surface area contributed by atoms with Crippen LogP contribution in [0.4, 0.5) is 0 Å². The van der Waals surface area contributed by atoms with Crippen LogP contribution < -0.4 is 10.1 Å². The number of ether oxygens (including phenoxy) is 1. The number of benzene rings is 1. The molecule has 0 saturated heterocycles. The molecule has 1 N–H and O–H groups in total. The zero-order valence-corrected chi connectivity index (χ0v) is 14.5. The molecule has 21 heavy (non-hydrogen) atoms. The van der Waals surface area contributed by atoms with E-state index in [9.17, 15) is 0 Å². The van der Waals surface area contributed by atoms with E-state index in [2.05, 4.69) is 47.0 Å². The summed E-state index contributed by atoms with van der Waals surface area (Å²) in [6, 6.07) is 9.91. The Hall–Kier alpha value is -1.39. The van der Waals surface area contributed by atoms with Crippen LogP contribution in [0, 0.1) is 6.92 Å². The van der Waals surface area contributed by atoms with Gasteiger partial charge in [0.1, 0.15) is 5.75 Å². The minimum atomic E-state index is 0.0899. The van der Waals surface area contributed by atoms with Gasteiger partial charge in [0.05, 0.1) is 0 Å². The molecule has 3 nitrogen and oxygen atoms in total. The molecule has 0 aliphatic carbocycles. The van der Waals surface area contributed by atoms with Crippen LogP contribution in [0.1, 0.15) is 31.9 Å². The molecule has 0 spiro atoms. The normalized spacial score (nSPS) is 11.5. The van der Waals surface area contributed by atoms with E-state index in [1.807, 2.05) is 37.3 Å². The summed E-state index contributed by atoms with van der Waals surface area (Å²) in [5.41, 5.74) is 2.32. The van der Waals surface area contributed by atoms with Crippen molar-refractivity contribution in [3.05, 3.63) is 52.1 Å². The highest BCUT2D eigenvalue weighted by Gasteiger charge is 2.09. The third kappa shape index (κ3) is 5.14. The van der Waals surface area contributed by atoms with E-state index < -0.39 is 0 Å². The summed E-state index contributed by atoms with van der Waals surface area (Å²) < 4.78 is 6.92. The van der Waals surface area contributed by atoms with Gasteiger partial charge in [0.15, 0.2) is 0 Å². The molecule has 0 bridgehead atoms. The second-order valence-electron chi connectivity index (χ2n) is 6.12. The summed E-state index contributed by atoms with van der Waals surface area (Å²) in [4.78, 5) is 4.28. The van der Waals surface area contributed by atoms with Gasteiger partial charge in [-0.3, -0.25) is 0 Å². The first kappa shape index (κ1) is 16.0. The second-order valence-corrected chi connectivity index (χ2v) is 7.03. The predicted octanol–water partition coefficient (Wildman–Crippen LogP) is 4.83. The fourth-order valence-electron chi connectivity index (χ4n) is 1.82. The van der Waals surface area contributed by atoms with Gasteiger partial charge in [-0.15, -0.1) is 0 Å². The second kappa shape index (κ2) is 6.58. The number of nitrogens with one attached hydrogen (secondary N) is 1. The van der Waals surface area contributed by atoms with Gasteiger partial charge < -0.3 is 10.1 Å². The fraction of sp³-hybridized carbons (Fsp3) is 0.353. The molecule has 112 valence electrons. The first-order chi connectivity index (χ1) is 9.83. The first-order valence-corrected chi connectivity index (χ1v) is 7.77. The van der Waals surface area contributed by atoms with Gasteiger partial charge in [-0.1, -0.05) is 15.9 Å². The predicted molar refractivity (Wildman–Crippen MR) is 89.8 cm³/mol. The van der Waals surface area contributed by atoms with Gasteiger partial charge in [0.25, 0.3) is 0 Å². The van der Waals surface area contributed by atoms with Crippen LogP contribution in [-0.2, 0) is 6.54 Å². The zero-order valence-electron chi connectivity index (χ0n) is 12.9. The van der Waals surface area contributed by atoms with Gasteiger partial charge in [0, 0.05) is 28.8 Å². The zero-order chi connectivity index (χ0) is 15.5. The summed E-state index contributed by atoms with van der Waals surface area (Å²) in [7, 11) is 0. The number of hydrogen-bond donors (Lipinski definition) is 1. The van der Waals surface area contributed by atoms with Crippen LogP contribution in [0.5, 0.6) is 11.6 Å². The molecule has 0 radical (unpaired) electrons. The lowest BCUT2D eigenvalue weighted by molar-refractivity contribution is 0.421. The average Bonchev–Trinajstić information content (AvgIpc) is 2.39. The quantitative estimate of drug-likeness (QED) is 0.858. The van der Waals surface area contributed by atoms with E-state index in [0.29, 0.717) is 5.88 Å². The molecular formula is C17H21BrN2O. The summed E-state index contributed by atoms with van der Waals surface area (Å²) in [5, 5.41) is 3.46. The fourth-order valence-corrected chi connectivity index (χ4v) is 2.30. The molecular weight excluding hydrogens is 328 g/mol. The van der Waals surface area contributed by atoms with Crippen LogP contribution in [0.3, 0.4) is 0 Å². The van der Waals surface area contributed by atoms with Crippen LogP contribution in [0.2, 0.25) is 0 Å². The average molecular weight is 349 g/mol. The molecule has 0 aliphatic heterocycles. The van der Waals surface area contributed by atoms with Crippen LogP contribution in [-0.4, -0.2) is 10.5 Å². The molecule has 0 saturated carbocycles. The van der Waals surface area contributed by atoms with Crippen molar-refractivity contribution in [2.75, 3.05) is 0 Å². The number of halogens is 1. The Morgan fingerprint density at radius 1 is 1.19 bits per heavy atom. The minimum Gasteiger partial charge on any atom is -0.439 e. The Morgan fingerprint density at radius 3 is 2.62 bits per heavy atom. The van der Waals surface area contributed by atoms with Gasteiger partial charge in [-0.05, 0) is 63.1 Å². The Morgan fingerprint density at radius 2 is 1.95 bits per heavy atom. The van der Waals surface area contributed by atoms with E-state index in [1.165, 1.54) is 0 Å². The Balaban J connectivity index is 2.10. The number of nitrogens with zero attached hydrogens (tertiary/aromatic N) is 1. The molecule has 4 heteroatoms. The summed E-state index contributed by atoms with van der Waals surface area (Å²) >= 11 is 3.45. The number of hydrogen-bond acceptors (Lipinski definition) is 3. The number of pyridine rings is 1. The van der Waals surface area contributed by atoms with Crippen LogP contribution in [0.15, 0.2) is 41.0 Å². The Kier molecular flexibility index (Phi) is 5.01. The highest BCUT2D eigenvalue weighted by molar-refractivity contribution is 9.10. The number of aryl methyl sites for hydroxylation is 1. The van der Waals surface area contributed by atoms with E-state index in [1.54, 1.807) is 6.20 Å². The molecule has 0 fully saturated rings. The van der Waals surface area contributed by atoms with Crippen molar-refractivity contribution in [2.45, 2.75) is 39.8 Å². The van der Waals surface area contributed by atoms with Gasteiger partial charge in [-0.25, -0.2) is 4.98 Å². The minimum absolute atomic E-state index is 0.0899. The lowest BCUT2D eigenvalue weighted by Crippen LogP contribution is -2.35. The lowest BCUT2D eigenvalue weighted by Gasteiger charge is -2.20. The van der Waals surface area contributed by atoms with Gasteiger partial charge in [-0.2, -0.15) is 0 Å². The van der Waals surface area contributed by atoms with Crippen molar-refractivity contribution >= 4 is 15.9 Å². The standard InChI is InChI=1S/C17H21BrN2O/c1-12-9-14(18)5-6-15(12)21-16-10-13(7-8-19-16)11-20-17(2,3)4/h5-10,20H,11H2,1-4H3. The summed E-state index contributed by atoms with van der Waals surface area (Å²) in [6.07, 6.45) is 1.78. The third-order valence-electron chi connectivity index (χ3n) is 2.97. The smallest absolute Gasteiger partial charge is 0.219 e. The third-order valence-corrected chi connectivity index (χ3v) is 3.47. The topological polar surface area (TPSA) is 34.1 Å². The van der Waals surface area contributed by atoms with Gasteiger partial charge >= 0.3 is 0 Å². The highest BCUT2D eigenvalue weighted by atomic mass is 79.9. The molecule has 1 heterocycles. The van der Waals surface area contributed by atoms with Crippen molar-refractivity contribution in [1.82, 2.24) is 10.3 Å². The maximum absolute atomic E-state index is 5.88. The first-order valence-electron chi connectivity index (χ1n) is 6.97. The van der Waals surface area contributed by atoms with E-state index in [-0.39, 0.29) is 5.54 Å². The summed E-state index contributed by atoms with van der Waals surface area (Å²) in [6.45, 7) is 9.26. The van der Waals surface area contributed by atoms with Crippen molar-refractivity contribution in [1.29, 1.82) is 0 Å². The molecule has 0 atom stereocenters. The maximum Gasteiger partial charge on any atom is 0.219 e. The van der Waals surface area contributed by atoms with Crippen molar-refractivity contribution < 1.29 is 4.74 Å². The molecule has 0 unspecified atom stereocenters. The SMILES string of the molecule is Cc1cc(Br)ccc1Oc1cc(CNC(C)(C)C)ccn1. The number of aromatic nitrogens is 1. The number of rotatable bonds is 4. The van der Waals surface area contributed by atoms with Crippen LogP contribution >= 0.6 is 15.9 Å². The summed E-state index contributed by atoms with van der Waals surface area (Å²) in [5.74, 6) is 1.44. The van der Waals surface area contributed by atoms with E-state index in [4.69, 9.17) is 4.74 Å². The molecule has 2 aromatic rings. The van der Waals surface area contributed by atoms with Gasteiger partial charge in [0.2, 0.25) is 5.88 Å². The molecule has 2 rings (SSSR count). The Labute approximate surface area is 134 Å². The molecule has 1 aromatic carbocycles. The lowest BCUT2D eigenvalue weighted by atomic mass is 10.1. The highest BCUT2D eigenvalue weighted by Crippen LogP contribution is 2.26. The van der Waals surface area contributed by atoms with Crippen molar-refractivity contribution in [2.24, 2.45) is 0 Å². The van der Waals surface area contributed by atoms with Crippen molar-refractivity contribution in [3.63, 3.8) is 0 Å². The molecule has 1 aromatic heterocycles. The molecule has 0 aliphatic rings. The maximum atomic E-state index is 5.88. The Bertz CT molecular complexity index is 620. The van der Waals surface area contributed by atoms with Crippen molar-refractivity contribution in [3.8, 4) is 11.6 Å². The van der Waals surface area contributed by atoms with E-state index in [0.717, 1.165) is 27.9 Å². The van der Waals surface area contributed by atoms with Crippen LogP contribution in [0.25, 0.3) is 0 Å². The van der Waals surface area contributed by atoms with E-state index >= 15 is 0 Å².